The number of rotatable bonds is 3. The molecule has 0 spiro atoms. The summed E-state index contributed by atoms with van der Waals surface area (Å²) in [6.45, 7) is 0.705. The van der Waals surface area contributed by atoms with E-state index < -0.39 is 0 Å². The molecule has 0 amide bonds. The Kier molecular flexibility index (Phi) is 2.60. The van der Waals surface area contributed by atoms with Crippen LogP contribution in [0.25, 0.3) is 10.9 Å². The first kappa shape index (κ1) is 11.0. The maximum absolute atomic E-state index is 9.40. The minimum absolute atomic E-state index is 0.0435. The van der Waals surface area contributed by atoms with E-state index in [4.69, 9.17) is 0 Å². The topological polar surface area (TPSA) is 55.9 Å². The number of hydrogen-bond acceptors (Lipinski definition) is 3. The van der Waals surface area contributed by atoms with Gasteiger partial charge in [-0.2, -0.15) is 0 Å². The molecule has 0 saturated carbocycles. The lowest BCUT2D eigenvalue weighted by Crippen LogP contribution is -2.00. The predicted molar refractivity (Wildman–Crippen MR) is 68.0 cm³/mol. The summed E-state index contributed by atoms with van der Waals surface area (Å²) in [7, 11) is 1.85. The molecule has 0 aliphatic carbocycles. The van der Waals surface area contributed by atoms with Gasteiger partial charge in [-0.3, -0.25) is 4.68 Å². The maximum Gasteiger partial charge on any atom is 0.102 e. The van der Waals surface area contributed by atoms with Crippen LogP contribution in [0.1, 0.15) is 11.3 Å². The Morgan fingerprint density at radius 3 is 2.89 bits per heavy atom. The molecular formula is C13H14N4O. The third-order valence-corrected chi connectivity index (χ3v) is 3.02. The van der Waals surface area contributed by atoms with Gasteiger partial charge in [0.15, 0.2) is 0 Å². The Morgan fingerprint density at radius 1 is 1.28 bits per heavy atom. The molecule has 0 aliphatic rings. The molecule has 2 heterocycles. The van der Waals surface area contributed by atoms with Crippen LogP contribution in [-0.4, -0.2) is 24.7 Å². The van der Waals surface area contributed by atoms with Crippen molar-refractivity contribution in [2.24, 2.45) is 7.05 Å². The van der Waals surface area contributed by atoms with Crippen molar-refractivity contribution in [2.45, 2.75) is 13.2 Å². The van der Waals surface area contributed by atoms with Crippen LogP contribution in [0.2, 0.25) is 0 Å². The van der Waals surface area contributed by atoms with Gasteiger partial charge in [0.05, 0.1) is 18.7 Å². The van der Waals surface area contributed by atoms with Crippen LogP contribution in [0.4, 0.5) is 0 Å². The van der Waals surface area contributed by atoms with Gasteiger partial charge < -0.3 is 9.67 Å². The smallest absolute Gasteiger partial charge is 0.102 e. The summed E-state index contributed by atoms with van der Waals surface area (Å²) in [5.74, 6) is 0. The van der Waals surface area contributed by atoms with E-state index >= 15 is 0 Å². The van der Waals surface area contributed by atoms with E-state index in [1.165, 1.54) is 0 Å². The number of nitrogens with zero attached hydrogens (tertiary/aromatic N) is 4. The third-order valence-electron chi connectivity index (χ3n) is 3.02. The summed E-state index contributed by atoms with van der Waals surface area (Å²) in [5, 5.41) is 18.5. The van der Waals surface area contributed by atoms with Crippen LogP contribution >= 0.6 is 0 Å². The van der Waals surface area contributed by atoms with E-state index in [9.17, 15) is 5.11 Å². The standard InChI is InChI=1S/C13H14N4O/c1-16-7-12(14-15-16)8-17-6-5-10-3-2-4-11(9-18)13(10)17/h2-7,18H,8-9H2,1H3. The minimum Gasteiger partial charge on any atom is -0.392 e. The number of aryl methyl sites for hydroxylation is 1. The summed E-state index contributed by atoms with van der Waals surface area (Å²) in [5.41, 5.74) is 2.90. The summed E-state index contributed by atoms with van der Waals surface area (Å²) in [6, 6.07) is 7.99. The molecule has 0 saturated heterocycles. The highest BCUT2D eigenvalue weighted by Gasteiger charge is 2.07. The Balaban J connectivity index is 2.06. The average molecular weight is 242 g/mol. The Hall–Kier alpha value is -2.14. The fourth-order valence-corrected chi connectivity index (χ4v) is 2.24. The van der Waals surface area contributed by atoms with Crippen molar-refractivity contribution < 1.29 is 5.11 Å². The van der Waals surface area contributed by atoms with E-state index in [-0.39, 0.29) is 6.61 Å². The molecular weight excluding hydrogens is 228 g/mol. The molecule has 3 aromatic rings. The second kappa shape index (κ2) is 4.27. The van der Waals surface area contributed by atoms with Gasteiger partial charge in [0.25, 0.3) is 0 Å². The van der Waals surface area contributed by atoms with Crippen LogP contribution in [0, 0.1) is 0 Å². The van der Waals surface area contributed by atoms with Crippen LogP contribution in [0.3, 0.4) is 0 Å². The number of aliphatic hydroxyl groups is 1. The van der Waals surface area contributed by atoms with Crippen LogP contribution in [0.15, 0.2) is 36.7 Å². The molecule has 3 rings (SSSR count). The van der Waals surface area contributed by atoms with Gasteiger partial charge in [0, 0.05) is 25.0 Å². The highest BCUT2D eigenvalue weighted by atomic mass is 16.3. The average Bonchev–Trinajstić information content (AvgIpc) is 2.97. The zero-order chi connectivity index (χ0) is 12.5. The van der Waals surface area contributed by atoms with E-state index in [0.29, 0.717) is 6.54 Å². The summed E-state index contributed by atoms with van der Waals surface area (Å²) in [4.78, 5) is 0. The van der Waals surface area contributed by atoms with Gasteiger partial charge in [0.2, 0.25) is 0 Å². The first-order valence-electron chi connectivity index (χ1n) is 5.81. The number of benzene rings is 1. The Labute approximate surface area is 104 Å². The van der Waals surface area contributed by atoms with E-state index in [2.05, 4.69) is 14.9 Å². The van der Waals surface area contributed by atoms with Crippen molar-refractivity contribution in [3.05, 3.63) is 47.9 Å². The van der Waals surface area contributed by atoms with Crippen LogP contribution in [0.5, 0.6) is 0 Å². The summed E-state index contributed by atoms with van der Waals surface area (Å²) >= 11 is 0. The SMILES string of the molecule is Cn1cc(Cn2ccc3cccc(CO)c32)nn1. The molecule has 2 aromatic heterocycles. The normalized spacial score (nSPS) is 11.2. The second-order valence-corrected chi connectivity index (χ2v) is 4.34. The molecule has 1 N–H and O–H groups in total. The quantitative estimate of drug-likeness (QED) is 0.753. The van der Waals surface area contributed by atoms with Crippen molar-refractivity contribution in [3.63, 3.8) is 0 Å². The van der Waals surface area contributed by atoms with Gasteiger partial charge in [-0.05, 0) is 11.5 Å². The van der Waals surface area contributed by atoms with Gasteiger partial charge >= 0.3 is 0 Å². The van der Waals surface area contributed by atoms with Gasteiger partial charge in [-0.1, -0.05) is 23.4 Å². The third kappa shape index (κ3) is 1.78. The number of hydrogen-bond donors (Lipinski definition) is 1. The van der Waals surface area contributed by atoms with Gasteiger partial charge in [0.1, 0.15) is 5.69 Å². The zero-order valence-corrected chi connectivity index (χ0v) is 10.1. The molecule has 0 atom stereocenters. The molecule has 5 nitrogen and oxygen atoms in total. The van der Waals surface area contributed by atoms with Gasteiger partial charge in [-0.15, -0.1) is 5.10 Å². The molecule has 1 aromatic carbocycles. The van der Waals surface area contributed by atoms with Crippen molar-refractivity contribution in [1.29, 1.82) is 0 Å². The van der Waals surface area contributed by atoms with E-state index in [1.807, 2.05) is 43.7 Å². The highest BCUT2D eigenvalue weighted by molar-refractivity contribution is 5.83. The van der Waals surface area contributed by atoms with Crippen molar-refractivity contribution in [1.82, 2.24) is 19.6 Å². The molecule has 5 heteroatoms. The number of aliphatic hydroxyl groups excluding tert-OH is 1. The van der Waals surface area contributed by atoms with Crippen LogP contribution in [-0.2, 0) is 20.2 Å². The fourth-order valence-electron chi connectivity index (χ4n) is 2.24. The molecule has 0 bridgehead atoms. The lowest BCUT2D eigenvalue weighted by molar-refractivity contribution is 0.283. The summed E-state index contributed by atoms with van der Waals surface area (Å²) in [6.07, 6.45) is 3.91. The monoisotopic (exact) mass is 242 g/mol. The Bertz CT molecular complexity index is 683. The fraction of sp³-hybridized carbons (Fsp3) is 0.231. The summed E-state index contributed by atoms with van der Waals surface area (Å²) < 4.78 is 3.78. The second-order valence-electron chi connectivity index (χ2n) is 4.34. The maximum atomic E-state index is 9.40. The molecule has 0 unspecified atom stereocenters. The number of para-hydroxylation sites is 1. The molecule has 0 radical (unpaired) electrons. The predicted octanol–water partition coefficient (Wildman–Crippen LogP) is 1.31. The Morgan fingerprint density at radius 2 is 2.17 bits per heavy atom. The lowest BCUT2D eigenvalue weighted by atomic mass is 10.1. The van der Waals surface area contributed by atoms with E-state index in [1.54, 1.807) is 4.68 Å². The van der Waals surface area contributed by atoms with Gasteiger partial charge in [-0.25, -0.2) is 0 Å². The molecule has 92 valence electrons. The van der Waals surface area contributed by atoms with E-state index in [0.717, 1.165) is 22.2 Å². The number of fused-ring (bicyclic) bond motifs is 1. The molecule has 0 fully saturated rings. The zero-order valence-electron chi connectivity index (χ0n) is 10.1. The van der Waals surface area contributed by atoms with Crippen molar-refractivity contribution in [2.75, 3.05) is 0 Å². The van der Waals surface area contributed by atoms with Crippen LogP contribution < -0.4 is 0 Å². The first-order valence-corrected chi connectivity index (χ1v) is 5.81. The number of aromatic nitrogens is 4. The lowest BCUT2D eigenvalue weighted by Gasteiger charge is -2.06. The molecule has 0 aliphatic heterocycles. The van der Waals surface area contributed by atoms with Crippen molar-refractivity contribution >= 4 is 10.9 Å². The first-order chi connectivity index (χ1) is 8.78. The highest BCUT2D eigenvalue weighted by Crippen LogP contribution is 2.21. The minimum atomic E-state index is 0.0435. The largest absolute Gasteiger partial charge is 0.392 e. The van der Waals surface area contributed by atoms with Crippen molar-refractivity contribution in [3.8, 4) is 0 Å². The molecule has 18 heavy (non-hydrogen) atoms.